The highest BCUT2D eigenvalue weighted by Crippen LogP contribution is 2.09. The average molecular weight is 267 g/mol. The van der Waals surface area contributed by atoms with Crippen LogP contribution in [0.1, 0.15) is 49.3 Å². The Morgan fingerprint density at radius 2 is 2.11 bits per heavy atom. The molecule has 0 unspecified atom stereocenters. The quantitative estimate of drug-likeness (QED) is 0.729. The van der Waals surface area contributed by atoms with E-state index in [9.17, 15) is 4.79 Å². The summed E-state index contributed by atoms with van der Waals surface area (Å²) >= 11 is 0. The van der Waals surface area contributed by atoms with Crippen LogP contribution in [-0.2, 0) is 13.0 Å². The largest absolute Gasteiger partial charge is 0.396 e. The fourth-order valence-electron chi connectivity index (χ4n) is 1.99. The summed E-state index contributed by atoms with van der Waals surface area (Å²) in [7, 11) is 1.82. The van der Waals surface area contributed by atoms with Crippen molar-refractivity contribution >= 4 is 5.91 Å². The van der Waals surface area contributed by atoms with Gasteiger partial charge in [-0.25, -0.2) is 0 Å². The molecule has 1 amide bonds. The second kappa shape index (κ2) is 7.94. The van der Waals surface area contributed by atoms with Crippen LogP contribution >= 0.6 is 0 Å². The van der Waals surface area contributed by atoms with Gasteiger partial charge in [0.2, 0.25) is 0 Å². The van der Waals surface area contributed by atoms with E-state index >= 15 is 0 Å². The maximum absolute atomic E-state index is 12.3. The predicted octanol–water partition coefficient (Wildman–Crippen LogP) is 1.70. The lowest BCUT2D eigenvalue weighted by Crippen LogP contribution is -2.29. The van der Waals surface area contributed by atoms with Gasteiger partial charge in [0.25, 0.3) is 5.91 Å². The van der Waals surface area contributed by atoms with Crippen LogP contribution in [0.25, 0.3) is 0 Å². The number of hydrogen-bond donors (Lipinski definition) is 1. The van der Waals surface area contributed by atoms with Crippen LogP contribution in [0.2, 0.25) is 0 Å². The molecule has 0 aliphatic carbocycles. The fourth-order valence-corrected chi connectivity index (χ4v) is 1.99. The molecule has 0 saturated carbocycles. The molecule has 1 N–H and O–H groups in total. The van der Waals surface area contributed by atoms with Crippen LogP contribution in [0.3, 0.4) is 0 Å². The number of aromatic nitrogens is 2. The molecule has 5 nitrogen and oxygen atoms in total. The monoisotopic (exact) mass is 267 g/mol. The Morgan fingerprint density at radius 3 is 2.68 bits per heavy atom. The van der Waals surface area contributed by atoms with Crippen LogP contribution in [0, 0.1) is 0 Å². The third-order valence-corrected chi connectivity index (χ3v) is 3.21. The van der Waals surface area contributed by atoms with E-state index in [-0.39, 0.29) is 12.5 Å². The summed E-state index contributed by atoms with van der Waals surface area (Å²) in [5.74, 6) is 0.0260. The van der Waals surface area contributed by atoms with Gasteiger partial charge < -0.3 is 10.0 Å². The first-order valence-electron chi connectivity index (χ1n) is 7.07. The zero-order chi connectivity index (χ0) is 14.3. The number of carbonyl (C=O) groups is 1. The zero-order valence-electron chi connectivity index (χ0n) is 12.2. The normalized spacial score (nSPS) is 10.7. The maximum atomic E-state index is 12.3. The molecule has 1 aromatic rings. The highest BCUT2D eigenvalue weighted by atomic mass is 16.2. The van der Waals surface area contributed by atoms with Crippen LogP contribution in [0.5, 0.6) is 0 Å². The Balaban J connectivity index is 2.62. The van der Waals surface area contributed by atoms with E-state index in [0.717, 1.165) is 37.9 Å². The van der Waals surface area contributed by atoms with Crippen molar-refractivity contribution in [1.29, 1.82) is 0 Å². The first kappa shape index (κ1) is 15.7. The van der Waals surface area contributed by atoms with Gasteiger partial charge >= 0.3 is 0 Å². The number of hydrogen-bond acceptors (Lipinski definition) is 3. The molecule has 0 saturated heterocycles. The number of amides is 1. The Labute approximate surface area is 115 Å². The number of unbranched alkanes of at least 4 members (excludes halogenated alkanes) is 2. The Kier molecular flexibility index (Phi) is 6.56. The van der Waals surface area contributed by atoms with Gasteiger partial charge in [0.05, 0.1) is 5.69 Å². The van der Waals surface area contributed by atoms with Crippen LogP contribution in [0.15, 0.2) is 6.07 Å². The summed E-state index contributed by atoms with van der Waals surface area (Å²) in [5, 5.41) is 13.1. The number of aliphatic hydroxyl groups excluding tert-OH is 1. The first-order chi connectivity index (χ1) is 9.13. The van der Waals surface area contributed by atoms with Crippen molar-refractivity contribution in [3.05, 3.63) is 17.5 Å². The summed E-state index contributed by atoms with van der Waals surface area (Å²) in [4.78, 5) is 14.1. The average Bonchev–Trinajstić information content (AvgIpc) is 2.85. The topological polar surface area (TPSA) is 58.4 Å². The fraction of sp³-hybridized carbons (Fsp3) is 0.714. The minimum atomic E-state index is 0.0260. The molecular weight excluding hydrogens is 242 g/mol. The molecule has 5 heteroatoms. The van der Waals surface area contributed by atoms with E-state index in [0.29, 0.717) is 12.2 Å². The SMILES string of the molecule is CCc1cc(C(=O)N(C)CCCCCO)n(CC)n1. The van der Waals surface area contributed by atoms with Gasteiger partial charge in [-0.05, 0) is 38.7 Å². The van der Waals surface area contributed by atoms with Gasteiger partial charge in [0.1, 0.15) is 5.69 Å². The molecule has 1 heterocycles. The molecule has 0 spiro atoms. The second-order valence-electron chi connectivity index (χ2n) is 4.70. The number of carbonyl (C=O) groups excluding carboxylic acids is 1. The van der Waals surface area contributed by atoms with Gasteiger partial charge in [0, 0.05) is 26.7 Å². The lowest BCUT2D eigenvalue weighted by atomic mass is 10.2. The molecule has 0 fully saturated rings. The first-order valence-corrected chi connectivity index (χ1v) is 7.07. The number of nitrogens with zero attached hydrogens (tertiary/aromatic N) is 3. The van der Waals surface area contributed by atoms with Gasteiger partial charge in [-0.3, -0.25) is 9.48 Å². The van der Waals surface area contributed by atoms with Crippen molar-refractivity contribution in [2.45, 2.75) is 46.1 Å². The van der Waals surface area contributed by atoms with Crippen molar-refractivity contribution in [3.8, 4) is 0 Å². The lowest BCUT2D eigenvalue weighted by molar-refractivity contribution is 0.0780. The van der Waals surface area contributed by atoms with Crippen molar-refractivity contribution in [1.82, 2.24) is 14.7 Å². The zero-order valence-corrected chi connectivity index (χ0v) is 12.2. The van der Waals surface area contributed by atoms with Crippen LogP contribution in [-0.4, -0.2) is 45.9 Å². The van der Waals surface area contributed by atoms with E-state index in [2.05, 4.69) is 5.10 Å². The predicted molar refractivity (Wildman–Crippen MR) is 75.2 cm³/mol. The minimum absolute atomic E-state index is 0.0260. The molecule has 0 atom stereocenters. The van der Waals surface area contributed by atoms with Gasteiger partial charge in [-0.1, -0.05) is 6.92 Å². The number of aliphatic hydroxyl groups is 1. The van der Waals surface area contributed by atoms with Crippen LogP contribution in [0.4, 0.5) is 0 Å². The molecule has 108 valence electrons. The van der Waals surface area contributed by atoms with E-state index < -0.39 is 0 Å². The Bertz CT molecular complexity index is 401. The van der Waals surface area contributed by atoms with E-state index in [1.807, 2.05) is 27.0 Å². The van der Waals surface area contributed by atoms with Crippen molar-refractivity contribution in [2.24, 2.45) is 0 Å². The van der Waals surface area contributed by atoms with E-state index in [1.54, 1.807) is 9.58 Å². The van der Waals surface area contributed by atoms with Crippen molar-refractivity contribution < 1.29 is 9.90 Å². The summed E-state index contributed by atoms with van der Waals surface area (Å²) < 4.78 is 1.77. The van der Waals surface area contributed by atoms with Crippen molar-refractivity contribution in [2.75, 3.05) is 20.2 Å². The van der Waals surface area contributed by atoms with Crippen LogP contribution < -0.4 is 0 Å². The molecular formula is C14H25N3O2. The molecule has 0 aliphatic heterocycles. The Hall–Kier alpha value is -1.36. The molecule has 0 bridgehead atoms. The summed E-state index contributed by atoms with van der Waals surface area (Å²) in [6, 6.07) is 1.88. The highest BCUT2D eigenvalue weighted by molar-refractivity contribution is 5.92. The molecule has 0 aromatic carbocycles. The smallest absolute Gasteiger partial charge is 0.271 e. The standard InChI is InChI=1S/C14H25N3O2/c1-4-12-11-13(17(5-2)15-12)14(19)16(3)9-7-6-8-10-18/h11,18H,4-10H2,1-3H3. The molecule has 0 aliphatic rings. The third-order valence-electron chi connectivity index (χ3n) is 3.21. The van der Waals surface area contributed by atoms with E-state index in [4.69, 9.17) is 5.11 Å². The number of aryl methyl sites for hydroxylation is 2. The lowest BCUT2D eigenvalue weighted by Gasteiger charge is -2.17. The van der Waals surface area contributed by atoms with Gasteiger partial charge in [-0.15, -0.1) is 0 Å². The molecule has 1 rings (SSSR count). The summed E-state index contributed by atoms with van der Waals surface area (Å²) in [6.07, 6.45) is 3.51. The Morgan fingerprint density at radius 1 is 1.37 bits per heavy atom. The molecule has 19 heavy (non-hydrogen) atoms. The second-order valence-corrected chi connectivity index (χ2v) is 4.70. The molecule has 0 radical (unpaired) electrons. The van der Waals surface area contributed by atoms with E-state index in [1.165, 1.54) is 0 Å². The van der Waals surface area contributed by atoms with Gasteiger partial charge in [-0.2, -0.15) is 5.10 Å². The van der Waals surface area contributed by atoms with Gasteiger partial charge in [0.15, 0.2) is 0 Å². The number of rotatable bonds is 8. The van der Waals surface area contributed by atoms with Crippen molar-refractivity contribution in [3.63, 3.8) is 0 Å². The maximum Gasteiger partial charge on any atom is 0.271 e. The minimum Gasteiger partial charge on any atom is -0.396 e. The highest BCUT2D eigenvalue weighted by Gasteiger charge is 2.17. The summed E-state index contributed by atoms with van der Waals surface area (Å²) in [5.41, 5.74) is 1.63. The molecule has 1 aromatic heterocycles. The summed E-state index contributed by atoms with van der Waals surface area (Å²) in [6.45, 7) is 5.67. The third kappa shape index (κ3) is 4.35.